The lowest BCUT2D eigenvalue weighted by atomic mass is 9.63. The van der Waals surface area contributed by atoms with Crippen molar-refractivity contribution in [3.63, 3.8) is 0 Å². The van der Waals surface area contributed by atoms with Gasteiger partial charge in [0.25, 0.3) is 15.6 Å². The van der Waals surface area contributed by atoms with Crippen molar-refractivity contribution >= 4 is 39.1 Å². The average molecular weight is 623 g/mol. The summed E-state index contributed by atoms with van der Waals surface area (Å²) in [5, 5.41) is 3.36. The van der Waals surface area contributed by atoms with Crippen LogP contribution in [0.15, 0.2) is 76.7 Å². The highest BCUT2D eigenvalue weighted by atomic mass is 32.2. The van der Waals surface area contributed by atoms with Crippen LogP contribution in [0, 0.1) is 17.8 Å². The van der Waals surface area contributed by atoms with Crippen LogP contribution < -0.4 is 9.62 Å². The number of anilines is 2. The van der Waals surface area contributed by atoms with Crippen LogP contribution in [0.1, 0.15) is 61.0 Å². The average Bonchev–Trinajstić information content (AvgIpc) is 2.92. The standard InChI is InChI=1S/C34H42N2O7S/c1-10-42-29(38)34(30(39)43-11-2)33(20-24(31(4,5)6)28(37)25(21-33)32(7,8)9)35-26-14-12-13-15-27(26)36(34)44(40,41)23-18-16-22(3)17-19-23/h12-21,35H,10-11H2,1-9H3. The van der Waals surface area contributed by atoms with Crippen LogP contribution in [-0.2, 0) is 33.9 Å². The fourth-order valence-corrected chi connectivity index (χ4v) is 7.54. The Labute approximate surface area is 260 Å². The summed E-state index contributed by atoms with van der Waals surface area (Å²) in [6.45, 7) is 15.8. The minimum Gasteiger partial charge on any atom is -0.464 e. The topological polar surface area (TPSA) is 119 Å². The molecule has 2 aromatic rings. The van der Waals surface area contributed by atoms with Crippen LogP contribution in [-0.4, -0.2) is 50.4 Å². The van der Waals surface area contributed by atoms with Crippen molar-refractivity contribution in [3.05, 3.63) is 77.4 Å². The van der Waals surface area contributed by atoms with Crippen molar-refractivity contribution < 1.29 is 32.3 Å². The Morgan fingerprint density at radius 2 is 1.30 bits per heavy atom. The maximum atomic E-state index is 14.9. The maximum Gasteiger partial charge on any atom is 0.348 e. The Hall–Kier alpha value is -3.92. The van der Waals surface area contributed by atoms with Gasteiger partial charge in [-0.15, -0.1) is 0 Å². The van der Waals surface area contributed by atoms with Crippen molar-refractivity contribution in [3.8, 4) is 0 Å². The van der Waals surface area contributed by atoms with Gasteiger partial charge in [-0.3, -0.25) is 4.79 Å². The number of esters is 2. The first-order valence-electron chi connectivity index (χ1n) is 14.7. The number of nitrogens with zero attached hydrogens (tertiary/aromatic N) is 1. The number of carbonyl (C=O) groups is 3. The van der Waals surface area contributed by atoms with Gasteiger partial charge in [-0.05, 0) is 68.0 Å². The van der Waals surface area contributed by atoms with E-state index in [1.807, 2.05) is 48.5 Å². The van der Waals surface area contributed by atoms with Gasteiger partial charge in [0.15, 0.2) is 5.78 Å². The number of nitrogens with one attached hydrogen (secondary N) is 1. The summed E-state index contributed by atoms with van der Waals surface area (Å²) in [5.41, 5.74) is -4.35. The molecule has 236 valence electrons. The highest BCUT2D eigenvalue weighted by Gasteiger charge is 2.73. The zero-order valence-electron chi connectivity index (χ0n) is 26.9. The lowest BCUT2D eigenvalue weighted by Crippen LogP contribution is -2.78. The summed E-state index contributed by atoms with van der Waals surface area (Å²) >= 11 is 0. The molecule has 1 heterocycles. The Kier molecular flexibility index (Phi) is 8.41. The fraction of sp³-hybridized carbons (Fsp3) is 0.441. The van der Waals surface area contributed by atoms with Crippen molar-refractivity contribution in [1.29, 1.82) is 0 Å². The molecule has 0 amide bonds. The molecule has 0 aromatic heterocycles. The number of benzene rings is 2. The van der Waals surface area contributed by atoms with Crippen molar-refractivity contribution in [2.75, 3.05) is 22.8 Å². The van der Waals surface area contributed by atoms with E-state index in [9.17, 15) is 22.8 Å². The molecule has 1 N–H and O–H groups in total. The third-order valence-corrected chi connectivity index (χ3v) is 9.74. The molecule has 0 unspecified atom stereocenters. The van der Waals surface area contributed by atoms with E-state index in [-0.39, 0.29) is 29.6 Å². The van der Waals surface area contributed by atoms with E-state index < -0.39 is 43.9 Å². The van der Waals surface area contributed by atoms with Gasteiger partial charge in [0, 0.05) is 11.1 Å². The summed E-state index contributed by atoms with van der Waals surface area (Å²) in [4.78, 5) is 43.2. The van der Waals surface area contributed by atoms with Crippen LogP contribution in [0.4, 0.5) is 11.4 Å². The lowest BCUT2D eigenvalue weighted by Gasteiger charge is -2.55. The van der Waals surface area contributed by atoms with E-state index in [1.54, 1.807) is 44.2 Å². The normalized spacial score (nSPS) is 17.7. The third-order valence-electron chi connectivity index (χ3n) is 7.92. The number of hydrogen-bond acceptors (Lipinski definition) is 8. The molecule has 1 aliphatic heterocycles. The van der Waals surface area contributed by atoms with Crippen LogP contribution >= 0.6 is 0 Å². The number of ketones is 1. The summed E-state index contributed by atoms with van der Waals surface area (Å²) < 4.78 is 41.9. The number of rotatable bonds is 6. The lowest BCUT2D eigenvalue weighted by molar-refractivity contribution is -0.165. The molecular weight excluding hydrogens is 580 g/mol. The molecule has 0 saturated carbocycles. The van der Waals surface area contributed by atoms with Gasteiger partial charge in [-0.2, -0.15) is 0 Å². The fourth-order valence-electron chi connectivity index (χ4n) is 5.77. The SMILES string of the molecule is CCOC(=O)C1(C(=O)OCC)N(S(=O)(=O)c2ccc(C)cc2)c2ccccc2NC12C=C(C(C)(C)C)C(=O)C(C(C)(C)C)=C2. The summed E-state index contributed by atoms with van der Waals surface area (Å²) in [7, 11) is -4.67. The quantitative estimate of drug-likeness (QED) is 0.320. The van der Waals surface area contributed by atoms with E-state index in [1.165, 1.54) is 30.4 Å². The molecular formula is C34H42N2O7S. The first-order chi connectivity index (χ1) is 20.4. The first kappa shape index (κ1) is 33.0. The summed E-state index contributed by atoms with van der Waals surface area (Å²) in [5.74, 6) is -2.54. The van der Waals surface area contributed by atoms with Gasteiger partial charge in [0.05, 0.1) is 29.5 Å². The molecule has 0 saturated heterocycles. The molecule has 4 rings (SSSR count). The second-order valence-corrected chi connectivity index (χ2v) is 15.0. The zero-order chi connectivity index (χ0) is 32.9. The number of Topliss-reactive ketones (excluding diaryl/α,β-unsaturated/α-hetero) is 1. The monoisotopic (exact) mass is 622 g/mol. The number of fused-ring (bicyclic) bond motifs is 1. The number of sulfonamides is 1. The molecule has 1 aliphatic carbocycles. The van der Waals surface area contributed by atoms with E-state index in [4.69, 9.17) is 9.47 Å². The molecule has 1 spiro atoms. The maximum absolute atomic E-state index is 14.9. The highest BCUT2D eigenvalue weighted by molar-refractivity contribution is 7.93. The largest absolute Gasteiger partial charge is 0.464 e. The first-order valence-corrected chi connectivity index (χ1v) is 16.2. The number of hydrogen-bond donors (Lipinski definition) is 1. The minimum absolute atomic E-state index is 0.0492. The Balaban J connectivity index is 2.31. The van der Waals surface area contributed by atoms with Crippen LogP contribution in [0.5, 0.6) is 0 Å². The smallest absolute Gasteiger partial charge is 0.348 e. The minimum atomic E-state index is -4.67. The van der Waals surface area contributed by atoms with Gasteiger partial charge in [0.1, 0.15) is 5.54 Å². The Morgan fingerprint density at radius 3 is 1.75 bits per heavy atom. The molecule has 9 nitrogen and oxygen atoms in total. The van der Waals surface area contributed by atoms with Crippen LogP contribution in [0.3, 0.4) is 0 Å². The van der Waals surface area contributed by atoms with E-state index in [0.29, 0.717) is 16.8 Å². The molecule has 0 radical (unpaired) electrons. The molecule has 0 bridgehead atoms. The third kappa shape index (κ3) is 5.12. The molecule has 10 heteroatoms. The summed E-state index contributed by atoms with van der Waals surface area (Å²) in [6, 6.07) is 12.7. The highest BCUT2D eigenvalue weighted by Crippen LogP contribution is 2.54. The van der Waals surface area contributed by atoms with Gasteiger partial charge in [-0.1, -0.05) is 71.4 Å². The van der Waals surface area contributed by atoms with Crippen molar-refractivity contribution in [1.82, 2.24) is 0 Å². The molecule has 2 aliphatic rings. The number of para-hydroxylation sites is 2. The van der Waals surface area contributed by atoms with E-state index >= 15 is 0 Å². The Bertz CT molecular complexity index is 1600. The van der Waals surface area contributed by atoms with Gasteiger partial charge in [0.2, 0.25) is 0 Å². The number of aryl methyl sites for hydroxylation is 1. The second kappa shape index (κ2) is 11.2. The summed E-state index contributed by atoms with van der Waals surface area (Å²) in [6.07, 6.45) is 3.04. The molecule has 0 atom stereocenters. The molecule has 2 aromatic carbocycles. The number of carbonyl (C=O) groups excluding carboxylic acids is 3. The van der Waals surface area contributed by atoms with Crippen LogP contribution in [0.25, 0.3) is 0 Å². The van der Waals surface area contributed by atoms with Crippen LogP contribution in [0.2, 0.25) is 0 Å². The number of allylic oxidation sites excluding steroid dienone is 2. The Morgan fingerprint density at radius 1 is 0.818 bits per heavy atom. The van der Waals surface area contributed by atoms with E-state index in [2.05, 4.69) is 5.32 Å². The predicted octanol–water partition coefficient (Wildman–Crippen LogP) is 5.75. The van der Waals surface area contributed by atoms with E-state index in [0.717, 1.165) is 9.87 Å². The van der Waals surface area contributed by atoms with Gasteiger partial charge in [-0.25, -0.2) is 22.3 Å². The molecule has 44 heavy (non-hydrogen) atoms. The van der Waals surface area contributed by atoms with Crippen molar-refractivity contribution in [2.45, 2.75) is 78.3 Å². The molecule has 0 fully saturated rings. The number of ether oxygens (including phenoxy) is 2. The zero-order valence-corrected chi connectivity index (χ0v) is 27.7. The predicted molar refractivity (Wildman–Crippen MR) is 170 cm³/mol. The van der Waals surface area contributed by atoms with Gasteiger partial charge < -0.3 is 14.8 Å². The van der Waals surface area contributed by atoms with Crippen molar-refractivity contribution in [2.24, 2.45) is 10.8 Å². The van der Waals surface area contributed by atoms with Gasteiger partial charge >= 0.3 is 11.9 Å². The second-order valence-electron chi connectivity index (χ2n) is 13.2.